The summed E-state index contributed by atoms with van der Waals surface area (Å²) in [5, 5.41) is 4.30. The molecule has 0 bridgehead atoms. The van der Waals surface area contributed by atoms with E-state index in [4.69, 9.17) is 4.74 Å². The molecule has 1 aliphatic heterocycles. The average molecular weight is 248 g/mol. The summed E-state index contributed by atoms with van der Waals surface area (Å²) in [5.41, 5.74) is 2.37. The van der Waals surface area contributed by atoms with Crippen molar-refractivity contribution in [2.45, 2.75) is 26.1 Å². The van der Waals surface area contributed by atoms with E-state index in [-0.39, 0.29) is 5.60 Å². The summed E-state index contributed by atoms with van der Waals surface area (Å²) in [5.74, 6) is 0. The number of nitrogens with one attached hydrogen (secondary N) is 1. The van der Waals surface area contributed by atoms with E-state index in [9.17, 15) is 0 Å². The Bertz CT molecular complexity index is 545. The fourth-order valence-corrected chi connectivity index (χ4v) is 2.94. The molecule has 17 heavy (non-hydrogen) atoms. The Kier molecular flexibility index (Phi) is 2.65. The molecule has 0 saturated carbocycles. The molecule has 1 aromatic carbocycles. The molecule has 0 aliphatic carbocycles. The highest BCUT2D eigenvalue weighted by atomic mass is 32.1. The first-order valence-corrected chi connectivity index (χ1v) is 6.67. The lowest BCUT2D eigenvalue weighted by atomic mass is 10.0. The highest BCUT2D eigenvalue weighted by molar-refractivity contribution is 7.18. The second-order valence-electron chi connectivity index (χ2n) is 4.92. The van der Waals surface area contributed by atoms with Crippen LogP contribution in [0.2, 0.25) is 0 Å². The largest absolute Gasteiger partial charge is 0.365 e. The van der Waals surface area contributed by atoms with Crippen LogP contribution in [-0.4, -0.2) is 23.7 Å². The van der Waals surface area contributed by atoms with Crippen LogP contribution in [0.1, 0.15) is 17.5 Å². The van der Waals surface area contributed by atoms with Gasteiger partial charge in [-0.25, -0.2) is 4.98 Å². The van der Waals surface area contributed by atoms with Gasteiger partial charge in [-0.2, -0.15) is 0 Å². The average Bonchev–Trinajstić information content (AvgIpc) is 2.65. The molecule has 90 valence electrons. The van der Waals surface area contributed by atoms with Gasteiger partial charge in [-0.15, -0.1) is 11.3 Å². The predicted molar refractivity (Wildman–Crippen MR) is 70.4 cm³/mol. The van der Waals surface area contributed by atoms with Gasteiger partial charge in [-0.3, -0.25) is 0 Å². The van der Waals surface area contributed by atoms with Gasteiger partial charge in [0.25, 0.3) is 0 Å². The van der Waals surface area contributed by atoms with Crippen LogP contribution in [0.15, 0.2) is 18.2 Å². The summed E-state index contributed by atoms with van der Waals surface area (Å²) in [6.45, 7) is 6.75. The highest BCUT2D eigenvalue weighted by Crippen LogP contribution is 2.25. The smallest absolute Gasteiger partial charge is 0.120 e. The zero-order valence-electron chi connectivity index (χ0n) is 10.1. The minimum atomic E-state index is 0.00771. The minimum Gasteiger partial charge on any atom is -0.365 e. The molecule has 1 saturated heterocycles. The van der Waals surface area contributed by atoms with Crippen LogP contribution >= 0.6 is 11.3 Å². The molecule has 0 radical (unpaired) electrons. The second-order valence-corrected chi connectivity index (χ2v) is 6.04. The van der Waals surface area contributed by atoms with E-state index in [1.165, 1.54) is 10.3 Å². The van der Waals surface area contributed by atoms with Crippen LogP contribution in [0.5, 0.6) is 0 Å². The minimum absolute atomic E-state index is 0.00771. The summed E-state index contributed by atoms with van der Waals surface area (Å²) in [4.78, 5) is 4.59. The first kappa shape index (κ1) is 11.1. The third-order valence-electron chi connectivity index (χ3n) is 3.13. The standard InChI is InChI=1S/C13H16N2OS/c1-9-3-4-10-11(5-9)17-12(15-10)6-16-13(2)7-14-8-13/h3-5,14H,6-8H2,1-2H3. The molecule has 1 aromatic heterocycles. The van der Waals surface area contributed by atoms with Crippen molar-refractivity contribution < 1.29 is 4.74 Å². The van der Waals surface area contributed by atoms with Gasteiger partial charge in [-0.1, -0.05) is 6.07 Å². The van der Waals surface area contributed by atoms with Crippen molar-refractivity contribution >= 4 is 21.6 Å². The maximum atomic E-state index is 5.90. The molecule has 1 N–H and O–H groups in total. The molecule has 2 heterocycles. The maximum absolute atomic E-state index is 5.90. The van der Waals surface area contributed by atoms with Crippen LogP contribution in [-0.2, 0) is 11.3 Å². The summed E-state index contributed by atoms with van der Waals surface area (Å²) >= 11 is 1.73. The number of rotatable bonds is 3. The molecule has 3 nitrogen and oxygen atoms in total. The Balaban J connectivity index is 1.76. The number of fused-ring (bicyclic) bond motifs is 1. The number of aryl methyl sites for hydroxylation is 1. The lowest BCUT2D eigenvalue weighted by molar-refractivity contribution is -0.0767. The molecule has 1 fully saturated rings. The Labute approximate surface area is 105 Å². The van der Waals surface area contributed by atoms with Gasteiger partial charge in [0, 0.05) is 13.1 Å². The number of thiazole rings is 1. The van der Waals surface area contributed by atoms with E-state index >= 15 is 0 Å². The van der Waals surface area contributed by atoms with E-state index in [0.717, 1.165) is 23.6 Å². The number of nitrogens with zero attached hydrogens (tertiary/aromatic N) is 1. The van der Waals surface area contributed by atoms with E-state index in [0.29, 0.717) is 6.61 Å². The maximum Gasteiger partial charge on any atom is 0.120 e. The zero-order valence-corrected chi connectivity index (χ0v) is 10.9. The molecule has 4 heteroatoms. The lowest BCUT2D eigenvalue weighted by Crippen LogP contribution is -2.58. The normalized spacial score (nSPS) is 18.2. The Hall–Kier alpha value is -0.970. The number of aromatic nitrogens is 1. The number of hydrogen-bond acceptors (Lipinski definition) is 4. The quantitative estimate of drug-likeness (QED) is 0.906. The topological polar surface area (TPSA) is 34.1 Å². The van der Waals surface area contributed by atoms with Crippen LogP contribution in [0.4, 0.5) is 0 Å². The fourth-order valence-electron chi connectivity index (χ4n) is 1.96. The van der Waals surface area contributed by atoms with Gasteiger partial charge in [0.15, 0.2) is 0 Å². The van der Waals surface area contributed by atoms with Gasteiger partial charge in [0.2, 0.25) is 0 Å². The van der Waals surface area contributed by atoms with Crippen molar-refractivity contribution in [2.24, 2.45) is 0 Å². The van der Waals surface area contributed by atoms with Gasteiger partial charge >= 0.3 is 0 Å². The molecule has 2 aromatic rings. The number of benzene rings is 1. The third-order valence-corrected chi connectivity index (χ3v) is 4.12. The highest BCUT2D eigenvalue weighted by Gasteiger charge is 2.32. The van der Waals surface area contributed by atoms with E-state index in [2.05, 4.69) is 42.3 Å². The molecule has 0 atom stereocenters. The van der Waals surface area contributed by atoms with Crippen molar-refractivity contribution in [1.29, 1.82) is 0 Å². The predicted octanol–water partition coefficient (Wildman–Crippen LogP) is 2.48. The summed E-state index contributed by atoms with van der Waals surface area (Å²) < 4.78 is 7.15. The second kappa shape index (κ2) is 4.05. The van der Waals surface area contributed by atoms with Crippen molar-refractivity contribution in [3.8, 4) is 0 Å². The van der Waals surface area contributed by atoms with E-state index in [1.807, 2.05) is 0 Å². The third kappa shape index (κ3) is 2.20. The molecule has 0 unspecified atom stereocenters. The molecular weight excluding hydrogens is 232 g/mol. The summed E-state index contributed by atoms with van der Waals surface area (Å²) in [6, 6.07) is 6.37. The van der Waals surface area contributed by atoms with Gasteiger partial charge in [0.1, 0.15) is 5.01 Å². The molecule has 0 spiro atoms. The molecule has 1 aliphatic rings. The first-order valence-electron chi connectivity index (χ1n) is 5.85. The Morgan fingerprint density at radius 1 is 1.47 bits per heavy atom. The van der Waals surface area contributed by atoms with Crippen LogP contribution < -0.4 is 5.32 Å². The van der Waals surface area contributed by atoms with Gasteiger partial charge in [-0.05, 0) is 31.5 Å². The van der Waals surface area contributed by atoms with Gasteiger partial charge in [0.05, 0.1) is 22.4 Å². The van der Waals surface area contributed by atoms with Crippen molar-refractivity contribution in [3.05, 3.63) is 28.8 Å². The summed E-state index contributed by atoms with van der Waals surface area (Å²) in [7, 11) is 0. The number of ether oxygens (including phenoxy) is 1. The zero-order chi connectivity index (χ0) is 11.9. The van der Waals surface area contributed by atoms with E-state index < -0.39 is 0 Å². The van der Waals surface area contributed by atoms with Crippen molar-refractivity contribution in [1.82, 2.24) is 10.3 Å². The SMILES string of the molecule is Cc1ccc2nc(COC3(C)CNC3)sc2c1. The van der Waals surface area contributed by atoms with Crippen molar-refractivity contribution in [2.75, 3.05) is 13.1 Å². The molecular formula is C13H16N2OS. The lowest BCUT2D eigenvalue weighted by Gasteiger charge is -2.38. The fraction of sp³-hybridized carbons (Fsp3) is 0.462. The number of hydrogen-bond donors (Lipinski definition) is 1. The van der Waals surface area contributed by atoms with Crippen LogP contribution in [0.3, 0.4) is 0 Å². The van der Waals surface area contributed by atoms with E-state index in [1.54, 1.807) is 11.3 Å². The summed E-state index contributed by atoms with van der Waals surface area (Å²) in [6.07, 6.45) is 0. The Morgan fingerprint density at radius 2 is 2.29 bits per heavy atom. The van der Waals surface area contributed by atoms with Crippen LogP contribution in [0.25, 0.3) is 10.2 Å². The monoisotopic (exact) mass is 248 g/mol. The first-order chi connectivity index (χ1) is 8.15. The Morgan fingerprint density at radius 3 is 3.00 bits per heavy atom. The van der Waals surface area contributed by atoms with Gasteiger partial charge < -0.3 is 10.1 Å². The molecule has 0 amide bonds. The van der Waals surface area contributed by atoms with Crippen LogP contribution in [0, 0.1) is 6.92 Å². The molecule has 3 rings (SSSR count). The van der Waals surface area contributed by atoms with Crippen molar-refractivity contribution in [3.63, 3.8) is 0 Å².